The van der Waals surface area contributed by atoms with Crippen molar-refractivity contribution in [3.8, 4) is 0 Å². The van der Waals surface area contributed by atoms with Gasteiger partial charge in [-0.2, -0.15) is 0 Å². The molecule has 0 fully saturated rings. The molecule has 3 aromatic rings. The zero-order chi connectivity index (χ0) is 15.7. The fourth-order valence-corrected chi connectivity index (χ4v) is 3.38. The van der Waals surface area contributed by atoms with Crippen molar-refractivity contribution in [3.63, 3.8) is 0 Å². The summed E-state index contributed by atoms with van der Waals surface area (Å²) in [6.07, 6.45) is 0.647. The van der Waals surface area contributed by atoms with Gasteiger partial charge in [-0.3, -0.25) is 9.59 Å². The van der Waals surface area contributed by atoms with Crippen LogP contribution in [0.4, 0.5) is 5.69 Å². The van der Waals surface area contributed by atoms with Crippen molar-refractivity contribution in [2.75, 3.05) is 5.32 Å². The first-order valence-corrected chi connectivity index (χ1v) is 7.80. The lowest BCUT2D eigenvalue weighted by Crippen LogP contribution is -2.13. The molecule has 1 aromatic carbocycles. The van der Waals surface area contributed by atoms with Gasteiger partial charge in [0.25, 0.3) is 11.5 Å². The molecule has 1 amide bonds. The van der Waals surface area contributed by atoms with Crippen molar-refractivity contribution in [2.24, 2.45) is 0 Å². The number of rotatable bonds is 3. The number of thiophene rings is 1. The summed E-state index contributed by atoms with van der Waals surface area (Å²) in [6, 6.07) is 9.23. The van der Waals surface area contributed by atoms with Gasteiger partial charge in [-0.25, -0.2) is 4.98 Å². The minimum Gasteiger partial charge on any atom is -0.321 e. The van der Waals surface area contributed by atoms with Gasteiger partial charge in [0.05, 0.1) is 10.3 Å². The molecule has 0 aliphatic heterocycles. The largest absolute Gasteiger partial charge is 0.321 e. The van der Waals surface area contributed by atoms with Gasteiger partial charge in [0, 0.05) is 12.1 Å². The fourth-order valence-electron chi connectivity index (χ4n) is 2.28. The van der Waals surface area contributed by atoms with Crippen molar-refractivity contribution < 1.29 is 4.79 Å². The second-order valence-corrected chi connectivity index (χ2v) is 5.92. The number of benzene rings is 1. The summed E-state index contributed by atoms with van der Waals surface area (Å²) in [4.78, 5) is 32.9. The Bertz CT molecular complexity index is 897. The van der Waals surface area contributed by atoms with E-state index in [4.69, 9.17) is 0 Å². The van der Waals surface area contributed by atoms with Crippen LogP contribution in [-0.2, 0) is 6.42 Å². The number of carbonyl (C=O) groups excluding carboxylic acids is 1. The Morgan fingerprint density at radius 3 is 2.73 bits per heavy atom. The highest BCUT2D eigenvalue weighted by Crippen LogP contribution is 2.27. The van der Waals surface area contributed by atoms with Crippen LogP contribution in [0.1, 0.15) is 28.0 Å². The highest BCUT2D eigenvalue weighted by Gasteiger charge is 2.19. The molecule has 112 valence electrons. The zero-order valence-electron chi connectivity index (χ0n) is 12.3. The van der Waals surface area contributed by atoms with E-state index in [0.29, 0.717) is 32.9 Å². The number of nitrogens with zero attached hydrogens (tertiary/aromatic N) is 1. The highest BCUT2D eigenvalue weighted by atomic mass is 32.1. The van der Waals surface area contributed by atoms with Crippen LogP contribution in [0.25, 0.3) is 10.2 Å². The molecular formula is C16H15N3O2S. The number of aromatic nitrogens is 2. The van der Waals surface area contributed by atoms with Crippen LogP contribution in [0.2, 0.25) is 0 Å². The third-order valence-corrected chi connectivity index (χ3v) is 4.61. The number of nitrogens with one attached hydrogen (secondary N) is 2. The molecule has 2 heterocycles. The van der Waals surface area contributed by atoms with Crippen molar-refractivity contribution in [2.45, 2.75) is 20.3 Å². The summed E-state index contributed by atoms with van der Waals surface area (Å²) < 4.78 is 0. The van der Waals surface area contributed by atoms with Crippen molar-refractivity contribution in [1.82, 2.24) is 9.97 Å². The van der Waals surface area contributed by atoms with Gasteiger partial charge < -0.3 is 10.3 Å². The molecule has 2 aromatic heterocycles. The van der Waals surface area contributed by atoms with Crippen LogP contribution in [0.15, 0.2) is 35.1 Å². The summed E-state index contributed by atoms with van der Waals surface area (Å²) >= 11 is 1.25. The summed E-state index contributed by atoms with van der Waals surface area (Å²) in [5.41, 5.74) is 1.21. The number of amides is 1. The third kappa shape index (κ3) is 2.53. The van der Waals surface area contributed by atoms with Crippen molar-refractivity contribution in [1.29, 1.82) is 0 Å². The van der Waals surface area contributed by atoms with Gasteiger partial charge in [0.1, 0.15) is 10.7 Å². The van der Waals surface area contributed by atoms with E-state index in [1.54, 1.807) is 6.92 Å². The average Bonchev–Trinajstić information content (AvgIpc) is 2.85. The first kappa shape index (κ1) is 14.5. The van der Waals surface area contributed by atoms with E-state index in [1.807, 2.05) is 37.3 Å². The van der Waals surface area contributed by atoms with Crippen molar-refractivity contribution >= 4 is 33.1 Å². The van der Waals surface area contributed by atoms with E-state index >= 15 is 0 Å². The van der Waals surface area contributed by atoms with E-state index < -0.39 is 0 Å². The maximum absolute atomic E-state index is 12.4. The minimum atomic E-state index is -0.218. The van der Waals surface area contributed by atoms with Crippen LogP contribution in [0.3, 0.4) is 0 Å². The number of hydrogen-bond acceptors (Lipinski definition) is 4. The van der Waals surface area contributed by atoms with E-state index in [2.05, 4.69) is 15.3 Å². The maximum atomic E-state index is 12.4. The standard InChI is InChI=1S/C16H15N3O2S/c1-3-11-18-14(20)12-9(2)13(22-16(12)19-11)15(21)17-10-7-5-4-6-8-10/h4-8H,3H2,1-2H3,(H,17,21)(H,18,19,20). The van der Waals surface area contributed by atoms with Crippen LogP contribution in [-0.4, -0.2) is 15.9 Å². The summed E-state index contributed by atoms with van der Waals surface area (Å²) in [5, 5.41) is 3.34. The van der Waals surface area contributed by atoms with Crippen LogP contribution in [0, 0.1) is 6.92 Å². The molecule has 22 heavy (non-hydrogen) atoms. The summed E-state index contributed by atoms with van der Waals surface area (Å²) in [5.74, 6) is 0.415. The molecule has 0 bridgehead atoms. The molecule has 3 rings (SSSR count). The lowest BCUT2D eigenvalue weighted by Gasteiger charge is -2.03. The van der Waals surface area contributed by atoms with E-state index in [1.165, 1.54) is 11.3 Å². The van der Waals surface area contributed by atoms with Crippen LogP contribution in [0.5, 0.6) is 0 Å². The second kappa shape index (κ2) is 5.73. The molecule has 2 N–H and O–H groups in total. The van der Waals surface area contributed by atoms with E-state index in [0.717, 1.165) is 5.69 Å². The Morgan fingerprint density at radius 1 is 1.32 bits per heavy atom. The molecule has 5 nitrogen and oxygen atoms in total. The number of aromatic amines is 1. The SMILES string of the molecule is CCc1nc2sc(C(=O)Nc3ccccc3)c(C)c2c(=O)[nH]1. The predicted octanol–water partition coefficient (Wildman–Crippen LogP) is 3.11. The number of carbonyl (C=O) groups is 1. The van der Waals surface area contributed by atoms with Gasteiger partial charge in [-0.05, 0) is 24.6 Å². The fraction of sp³-hybridized carbons (Fsp3) is 0.188. The molecule has 0 unspecified atom stereocenters. The number of fused-ring (bicyclic) bond motifs is 1. The Morgan fingerprint density at radius 2 is 2.05 bits per heavy atom. The third-order valence-electron chi connectivity index (χ3n) is 3.42. The monoisotopic (exact) mass is 313 g/mol. The lowest BCUT2D eigenvalue weighted by molar-refractivity contribution is 0.103. The lowest BCUT2D eigenvalue weighted by atomic mass is 10.2. The molecule has 0 aliphatic rings. The first-order chi connectivity index (χ1) is 10.6. The van der Waals surface area contributed by atoms with Gasteiger partial charge in [0.15, 0.2) is 0 Å². The molecular weight excluding hydrogens is 298 g/mol. The van der Waals surface area contributed by atoms with Crippen molar-refractivity contribution in [3.05, 3.63) is 57.0 Å². The number of hydrogen-bond donors (Lipinski definition) is 2. The Labute approximate surface area is 131 Å². The second-order valence-electron chi connectivity index (χ2n) is 4.92. The molecule has 0 spiro atoms. The maximum Gasteiger partial charge on any atom is 0.266 e. The molecule has 0 atom stereocenters. The molecule has 0 saturated heterocycles. The van der Waals surface area contributed by atoms with Crippen LogP contribution < -0.4 is 10.9 Å². The smallest absolute Gasteiger partial charge is 0.266 e. The van der Waals surface area contributed by atoms with Gasteiger partial charge in [-0.15, -0.1) is 11.3 Å². The summed E-state index contributed by atoms with van der Waals surface area (Å²) in [7, 11) is 0. The molecule has 6 heteroatoms. The predicted molar refractivity (Wildman–Crippen MR) is 88.8 cm³/mol. The number of aryl methyl sites for hydroxylation is 2. The minimum absolute atomic E-state index is 0.186. The van der Waals surface area contributed by atoms with Gasteiger partial charge in [0.2, 0.25) is 0 Å². The molecule has 0 saturated carbocycles. The van der Waals surface area contributed by atoms with Gasteiger partial charge in [-0.1, -0.05) is 25.1 Å². The quantitative estimate of drug-likeness (QED) is 0.780. The number of anilines is 1. The Balaban J connectivity index is 2.04. The number of para-hydroxylation sites is 1. The highest BCUT2D eigenvalue weighted by molar-refractivity contribution is 7.20. The van der Waals surface area contributed by atoms with Crippen LogP contribution >= 0.6 is 11.3 Å². The van der Waals surface area contributed by atoms with E-state index in [-0.39, 0.29) is 11.5 Å². The molecule has 0 radical (unpaired) electrons. The normalized spacial score (nSPS) is 10.8. The summed E-state index contributed by atoms with van der Waals surface area (Å²) in [6.45, 7) is 3.70. The Kier molecular flexibility index (Phi) is 3.77. The first-order valence-electron chi connectivity index (χ1n) is 6.99. The Hall–Kier alpha value is -2.47. The average molecular weight is 313 g/mol. The number of H-pyrrole nitrogens is 1. The van der Waals surface area contributed by atoms with Gasteiger partial charge >= 0.3 is 0 Å². The van der Waals surface area contributed by atoms with E-state index in [9.17, 15) is 9.59 Å². The molecule has 0 aliphatic carbocycles. The topological polar surface area (TPSA) is 74.8 Å². The zero-order valence-corrected chi connectivity index (χ0v) is 13.1.